The van der Waals surface area contributed by atoms with Gasteiger partial charge in [0, 0.05) is 13.7 Å². The highest BCUT2D eigenvalue weighted by molar-refractivity contribution is 5.82. The van der Waals surface area contributed by atoms with E-state index in [0.717, 1.165) is 5.56 Å². The summed E-state index contributed by atoms with van der Waals surface area (Å²) in [7, 11) is 1.54. The molecule has 5 nitrogen and oxygen atoms in total. The van der Waals surface area contributed by atoms with Crippen molar-refractivity contribution >= 4 is 5.91 Å². The SMILES string of the molecule is COCC(N)C(=O)N1CCOCC1c1ccccc1. The first-order chi connectivity index (χ1) is 9.24. The van der Waals surface area contributed by atoms with Crippen LogP contribution in [0.5, 0.6) is 0 Å². The molecule has 104 valence electrons. The summed E-state index contributed by atoms with van der Waals surface area (Å²) in [4.78, 5) is 14.1. The summed E-state index contributed by atoms with van der Waals surface area (Å²) >= 11 is 0. The van der Waals surface area contributed by atoms with Crippen LogP contribution in [-0.2, 0) is 14.3 Å². The van der Waals surface area contributed by atoms with Crippen LogP contribution in [0.15, 0.2) is 30.3 Å². The van der Waals surface area contributed by atoms with Crippen molar-refractivity contribution in [2.45, 2.75) is 12.1 Å². The molecule has 1 aromatic rings. The summed E-state index contributed by atoms with van der Waals surface area (Å²) in [5, 5.41) is 0. The molecule has 0 saturated carbocycles. The number of nitrogens with zero attached hydrogens (tertiary/aromatic N) is 1. The molecule has 0 spiro atoms. The number of carbonyl (C=O) groups excluding carboxylic acids is 1. The molecular formula is C14H20N2O3. The molecule has 2 atom stereocenters. The van der Waals surface area contributed by atoms with Gasteiger partial charge in [0.1, 0.15) is 6.04 Å². The Labute approximate surface area is 113 Å². The molecule has 1 aliphatic rings. The Morgan fingerprint density at radius 1 is 1.53 bits per heavy atom. The Kier molecular flexibility index (Phi) is 4.90. The largest absolute Gasteiger partial charge is 0.383 e. The normalized spacial score (nSPS) is 21.2. The van der Waals surface area contributed by atoms with Crippen LogP contribution in [0.3, 0.4) is 0 Å². The summed E-state index contributed by atoms with van der Waals surface area (Å²) in [5.74, 6) is -0.0843. The van der Waals surface area contributed by atoms with E-state index >= 15 is 0 Å². The van der Waals surface area contributed by atoms with E-state index in [1.165, 1.54) is 0 Å². The maximum absolute atomic E-state index is 12.3. The van der Waals surface area contributed by atoms with Crippen molar-refractivity contribution in [2.75, 3.05) is 33.5 Å². The minimum atomic E-state index is -0.616. The van der Waals surface area contributed by atoms with Gasteiger partial charge in [0.05, 0.1) is 25.9 Å². The fraction of sp³-hybridized carbons (Fsp3) is 0.500. The smallest absolute Gasteiger partial charge is 0.242 e. The van der Waals surface area contributed by atoms with E-state index in [-0.39, 0.29) is 18.6 Å². The fourth-order valence-corrected chi connectivity index (χ4v) is 2.28. The van der Waals surface area contributed by atoms with Crippen LogP contribution in [0.1, 0.15) is 11.6 Å². The Bertz CT molecular complexity index is 410. The maximum atomic E-state index is 12.3. The highest BCUT2D eigenvalue weighted by Gasteiger charge is 2.31. The van der Waals surface area contributed by atoms with Crippen LogP contribution in [-0.4, -0.2) is 50.3 Å². The number of hydrogen-bond acceptors (Lipinski definition) is 4. The van der Waals surface area contributed by atoms with Crippen LogP contribution in [0.4, 0.5) is 0 Å². The molecule has 1 fully saturated rings. The highest BCUT2D eigenvalue weighted by Crippen LogP contribution is 2.24. The van der Waals surface area contributed by atoms with Crippen molar-refractivity contribution in [3.63, 3.8) is 0 Å². The van der Waals surface area contributed by atoms with Gasteiger partial charge in [0.15, 0.2) is 0 Å². The number of ether oxygens (including phenoxy) is 2. The average molecular weight is 264 g/mol. The lowest BCUT2D eigenvalue weighted by Crippen LogP contribution is -2.51. The average Bonchev–Trinajstić information content (AvgIpc) is 2.47. The summed E-state index contributed by atoms with van der Waals surface area (Å²) in [6, 6.07) is 9.20. The number of rotatable bonds is 4. The second-order valence-electron chi connectivity index (χ2n) is 4.59. The summed E-state index contributed by atoms with van der Waals surface area (Å²) < 4.78 is 10.4. The minimum Gasteiger partial charge on any atom is -0.383 e. The van der Waals surface area contributed by atoms with Gasteiger partial charge in [-0.05, 0) is 5.56 Å². The molecule has 0 aliphatic carbocycles. The molecule has 2 unspecified atom stereocenters. The summed E-state index contributed by atoms with van der Waals surface area (Å²) in [5.41, 5.74) is 6.91. The van der Waals surface area contributed by atoms with E-state index in [2.05, 4.69) is 0 Å². The zero-order valence-electron chi connectivity index (χ0n) is 11.1. The predicted octanol–water partition coefficient (Wildman–Crippen LogP) is 0.560. The lowest BCUT2D eigenvalue weighted by molar-refractivity contribution is -0.142. The van der Waals surface area contributed by atoms with Crippen LogP contribution in [0, 0.1) is 0 Å². The number of benzene rings is 1. The van der Waals surface area contributed by atoms with Gasteiger partial charge >= 0.3 is 0 Å². The Hall–Kier alpha value is -1.43. The number of nitrogens with two attached hydrogens (primary N) is 1. The van der Waals surface area contributed by atoms with E-state index in [0.29, 0.717) is 19.8 Å². The van der Waals surface area contributed by atoms with E-state index < -0.39 is 6.04 Å². The number of morpholine rings is 1. The molecule has 0 radical (unpaired) electrons. The molecule has 2 N–H and O–H groups in total. The lowest BCUT2D eigenvalue weighted by atomic mass is 10.0. The second-order valence-corrected chi connectivity index (χ2v) is 4.59. The van der Waals surface area contributed by atoms with Crippen LogP contribution in [0.2, 0.25) is 0 Å². The summed E-state index contributed by atoms with van der Waals surface area (Å²) in [6.45, 7) is 1.86. The summed E-state index contributed by atoms with van der Waals surface area (Å²) in [6.07, 6.45) is 0. The first-order valence-corrected chi connectivity index (χ1v) is 6.41. The standard InChI is InChI=1S/C14H20N2O3/c1-18-9-12(15)14(17)16-7-8-19-10-13(16)11-5-3-2-4-6-11/h2-6,12-13H,7-10,15H2,1H3. The highest BCUT2D eigenvalue weighted by atomic mass is 16.5. The maximum Gasteiger partial charge on any atom is 0.242 e. The minimum absolute atomic E-state index is 0.0645. The lowest BCUT2D eigenvalue weighted by Gasteiger charge is -2.37. The van der Waals surface area contributed by atoms with Gasteiger partial charge in [-0.2, -0.15) is 0 Å². The van der Waals surface area contributed by atoms with E-state index in [1.807, 2.05) is 30.3 Å². The monoisotopic (exact) mass is 264 g/mol. The van der Waals surface area contributed by atoms with Crippen molar-refractivity contribution in [3.05, 3.63) is 35.9 Å². The molecule has 0 bridgehead atoms. The van der Waals surface area contributed by atoms with E-state index in [1.54, 1.807) is 12.0 Å². The van der Waals surface area contributed by atoms with Crippen molar-refractivity contribution in [3.8, 4) is 0 Å². The van der Waals surface area contributed by atoms with E-state index in [9.17, 15) is 4.79 Å². The van der Waals surface area contributed by atoms with Crippen molar-refractivity contribution in [2.24, 2.45) is 5.73 Å². The molecular weight excluding hydrogens is 244 g/mol. The Balaban J connectivity index is 2.14. The van der Waals surface area contributed by atoms with Crippen molar-refractivity contribution in [1.29, 1.82) is 0 Å². The number of carbonyl (C=O) groups is 1. The Morgan fingerprint density at radius 3 is 2.95 bits per heavy atom. The quantitative estimate of drug-likeness (QED) is 0.863. The predicted molar refractivity (Wildman–Crippen MR) is 71.6 cm³/mol. The third kappa shape index (κ3) is 3.32. The second kappa shape index (κ2) is 6.65. The fourth-order valence-electron chi connectivity index (χ4n) is 2.28. The van der Waals surface area contributed by atoms with Gasteiger partial charge in [-0.15, -0.1) is 0 Å². The molecule has 1 aromatic carbocycles. The van der Waals surface area contributed by atoms with Gasteiger partial charge in [0.2, 0.25) is 5.91 Å². The molecule has 1 aliphatic heterocycles. The topological polar surface area (TPSA) is 64.8 Å². The molecule has 1 saturated heterocycles. The number of hydrogen-bond donors (Lipinski definition) is 1. The van der Waals surface area contributed by atoms with Gasteiger partial charge in [0.25, 0.3) is 0 Å². The third-order valence-electron chi connectivity index (χ3n) is 3.26. The van der Waals surface area contributed by atoms with Gasteiger partial charge in [-0.3, -0.25) is 4.79 Å². The first-order valence-electron chi connectivity index (χ1n) is 6.41. The first kappa shape index (κ1) is 14.0. The number of methoxy groups -OCH3 is 1. The van der Waals surface area contributed by atoms with Gasteiger partial charge in [-0.25, -0.2) is 0 Å². The molecule has 1 amide bonds. The molecule has 2 rings (SSSR count). The Morgan fingerprint density at radius 2 is 2.26 bits per heavy atom. The zero-order chi connectivity index (χ0) is 13.7. The van der Waals surface area contributed by atoms with Crippen molar-refractivity contribution in [1.82, 2.24) is 4.90 Å². The molecule has 1 heterocycles. The molecule has 19 heavy (non-hydrogen) atoms. The molecule has 5 heteroatoms. The number of amides is 1. The van der Waals surface area contributed by atoms with Crippen molar-refractivity contribution < 1.29 is 14.3 Å². The van der Waals surface area contributed by atoms with Crippen LogP contribution >= 0.6 is 0 Å². The van der Waals surface area contributed by atoms with Crippen LogP contribution < -0.4 is 5.73 Å². The zero-order valence-corrected chi connectivity index (χ0v) is 11.1. The van der Waals surface area contributed by atoms with Gasteiger partial charge < -0.3 is 20.1 Å². The van der Waals surface area contributed by atoms with E-state index in [4.69, 9.17) is 15.2 Å². The van der Waals surface area contributed by atoms with Crippen LogP contribution in [0.25, 0.3) is 0 Å². The molecule has 0 aromatic heterocycles. The van der Waals surface area contributed by atoms with Gasteiger partial charge in [-0.1, -0.05) is 30.3 Å². The third-order valence-corrected chi connectivity index (χ3v) is 3.26.